The van der Waals surface area contributed by atoms with Gasteiger partial charge in [-0.3, -0.25) is 14.6 Å². The molecule has 38 heavy (non-hydrogen) atoms. The van der Waals surface area contributed by atoms with E-state index in [0.29, 0.717) is 37.3 Å². The fourth-order valence-electron chi connectivity index (χ4n) is 5.20. The molecule has 1 fully saturated rings. The topological polar surface area (TPSA) is 147 Å². The summed E-state index contributed by atoms with van der Waals surface area (Å²) >= 11 is 0. The molecular weight excluding hydrogens is 484 g/mol. The van der Waals surface area contributed by atoms with Crippen LogP contribution in [0, 0.1) is 0 Å². The van der Waals surface area contributed by atoms with E-state index in [1.807, 2.05) is 18.2 Å². The number of aliphatic hydroxyl groups excluding tert-OH is 1. The van der Waals surface area contributed by atoms with Crippen molar-refractivity contribution in [3.05, 3.63) is 59.7 Å². The van der Waals surface area contributed by atoms with Crippen molar-refractivity contribution < 1.29 is 19.8 Å². The zero-order chi connectivity index (χ0) is 27.0. The van der Waals surface area contributed by atoms with Crippen molar-refractivity contribution >= 4 is 28.7 Å². The second-order valence-corrected chi connectivity index (χ2v) is 10.3. The van der Waals surface area contributed by atoms with Gasteiger partial charge in [0.25, 0.3) is 5.91 Å². The van der Waals surface area contributed by atoms with E-state index in [-0.39, 0.29) is 23.2 Å². The number of carbonyl (C=O) groups excluding carboxylic acids is 2. The Labute approximate surface area is 220 Å². The number of Topliss-reactive ketones (excluding diaryl/α,β-unsaturated/α-hetero) is 1. The van der Waals surface area contributed by atoms with Gasteiger partial charge in [-0.25, -0.2) is 4.98 Å². The van der Waals surface area contributed by atoms with Crippen molar-refractivity contribution in [3.8, 4) is 11.1 Å². The number of carbonyl (C=O) groups is 2. The molecule has 0 spiro atoms. The van der Waals surface area contributed by atoms with Gasteiger partial charge in [-0.2, -0.15) is 9.61 Å². The summed E-state index contributed by atoms with van der Waals surface area (Å²) in [5.41, 5.74) is 9.81. The number of aromatic nitrogens is 4. The van der Waals surface area contributed by atoms with Gasteiger partial charge in [-0.05, 0) is 51.2 Å². The number of hydrogen-bond acceptors (Lipinski definition) is 8. The Morgan fingerprint density at radius 3 is 2.55 bits per heavy atom. The number of amides is 1. The van der Waals surface area contributed by atoms with Gasteiger partial charge in [-0.15, -0.1) is 0 Å². The quantitative estimate of drug-likeness (QED) is 0.424. The molecule has 4 heterocycles. The maximum absolute atomic E-state index is 12.8. The lowest BCUT2D eigenvalue weighted by molar-refractivity contribution is -0.148. The lowest BCUT2D eigenvalue weighted by Crippen LogP contribution is -2.48. The third-order valence-electron chi connectivity index (χ3n) is 7.24. The Bertz CT molecular complexity index is 1440. The Hall–Kier alpha value is -3.89. The van der Waals surface area contributed by atoms with E-state index in [4.69, 9.17) is 10.7 Å². The molecular formula is C28H32N6O4. The Balaban J connectivity index is 1.51. The summed E-state index contributed by atoms with van der Waals surface area (Å²) < 4.78 is 1.43. The number of nitrogen functional groups attached to an aromatic ring is 1. The van der Waals surface area contributed by atoms with Crippen molar-refractivity contribution in [2.24, 2.45) is 0 Å². The monoisotopic (exact) mass is 516 g/mol. The van der Waals surface area contributed by atoms with Crippen LogP contribution in [-0.2, 0) is 4.79 Å². The largest absolute Gasteiger partial charge is 0.388 e. The SMILES string of the molecule is CC(C)(O)C(=O)N1CCC(c2nc3c(-c4ccc(C5=CC=CCC5)nc4)cnn3c(N)c2C(=O)CO)CC1. The standard InChI is InChI=1S/C28H32N6O4/c1-28(2,38)27(37)33-12-10-18(11-13-33)24-23(22(36)16-35)25(29)34-26(32-24)20(15-31-34)19-8-9-21(30-14-19)17-6-4-3-5-7-17/h3-4,6,8-9,14-15,18,35,38H,5,7,10-13,16,29H2,1-2H3. The average molecular weight is 517 g/mol. The Morgan fingerprint density at radius 2 is 1.95 bits per heavy atom. The number of aliphatic hydroxyl groups is 2. The molecule has 0 atom stereocenters. The molecule has 2 aliphatic rings. The van der Waals surface area contributed by atoms with Crippen LogP contribution in [0.25, 0.3) is 22.3 Å². The molecule has 4 N–H and O–H groups in total. The van der Waals surface area contributed by atoms with Gasteiger partial charge in [0.1, 0.15) is 18.0 Å². The van der Waals surface area contributed by atoms with Gasteiger partial charge in [0.15, 0.2) is 11.4 Å². The summed E-state index contributed by atoms with van der Waals surface area (Å²) in [6, 6.07) is 3.96. The van der Waals surface area contributed by atoms with Crippen LogP contribution in [0.5, 0.6) is 0 Å². The molecule has 3 aromatic heterocycles. The highest BCUT2D eigenvalue weighted by molar-refractivity contribution is 6.02. The minimum atomic E-state index is -1.45. The number of nitrogens with two attached hydrogens (primary N) is 1. The van der Waals surface area contributed by atoms with Crippen LogP contribution in [0.1, 0.15) is 67.2 Å². The molecule has 0 radical (unpaired) electrons. The summed E-state index contributed by atoms with van der Waals surface area (Å²) in [7, 11) is 0. The number of nitrogens with zero attached hydrogens (tertiary/aromatic N) is 5. The predicted molar refractivity (Wildman–Crippen MR) is 143 cm³/mol. The summed E-state index contributed by atoms with van der Waals surface area (Å²) in [5.74, 6) is -0.901. The molecule has 10 nitrogen and oxygen atoms in total. The number of ketones is 1. The van der Waals surface area contributed by atoms with E-state index in [2.05, 4.69) is 22.2 Å². The minimum Gasteiger partial charge on any atom is -0.388 e. The molecule has 0 aromatic carbocycles. The fourth-order valence-corrected chi connectivity index (χ4v) is 5.20. The van der Waals surface area contributed by atoms with E-state index in [1.165, 1.54) is 23.9 Å². The molecule has 0 unspecified atom stereocenters. The van der Waals surface area contributed by atoms with Crippen LogP contribution in [0.2, 0.25) is 0 Å². The van der Waals surface area contributed by atoms with Crippen LogP contribution < -0.4 is 5.73 Å². The molecule has 0 saturated carbocycles. The van der Waals surface area contributed by atoms with Gasteiger partial charge in [0, 0.05) is 36.3 Å². The smallest absolute Gasteiger partial charge is 0.253 e. The third-order valence-corrected chi connectivity index (χ3v) is 7.24. The zero-order valence-electron chi connectivity index (χ0n) is 21.6. The number of likely N-dealkylation sites (tertiary alicyclic amines) is 1. The third kappa shape index (κ3) is 4.72. The summed E-state index contributed by atoms with van der Waals surface area (Å²) in [4.78, 5) is 36.5. The first-order valence-electron chi connectivity index (χ1n) is 12.8. The molecule has 1 aliphatic heterocycles. The molecule has 3 aromatic rings. The first kappa shape index (κ1) is 25.7. The first-order valence-corrected chi connectivity index (χ1v) is 12.8. The van der Waals surface area contributed by atoms with Gasteiger partial charge in [0.2, 0.25) is 0 Å². The molecule has 1 saturated heterocycles. The van der Waals surface area contributed by atoms with Crippen molar-refractivity contribution in [2.75, 3.05) is 25.4 Å². The molecule has 1 amide bonds. The zero-order valence-corrected chi connectivity index (χ0v) is 21.6. The van der Waals surface area contributed by atoms with Crippen LogP contribution in [0.15, 0.2) is 42.8 Å². The van der Waals surface area contributed by atoms with Crippen LogP contribution in [0.4, 0.5) is 5.82 Å². The highest BCUT2D eigenvalue weighted by Crippen LogP contribution is 2.35. The number of fused-ring (bicyclic) bond motifs is 1. The molecule has 1 aliphatic carbocycles. The first-order chi connectivity index (χ1) is 18.2. The van der Waals surface area contributed by atoms with E-state index < -0.39 is 18.0 Å². The Kier molecular flexibility index (Phi) is 6.85. The van der Waals surface area contributed by atoms with E-state index >= 15 is 0 Å². The maximum Gasteiger partial charge on any atom is 0.253 e. The number of pyridine rings is 1. The summed E-state index contributed by atoms with van der Waals surface area (Å²) in [5, 5.41) is 24.2. The number of rotatable bonds is 6. The predicted octanol–water partition coefficient (Wildman–Crippen LogP) is 2.76. The maximum atomic E-state index is 12.8. The summed E-state index contributed by atoms with van der Waals surface area (Å²) in [6.45, 7) is 3.07. The minimum absolute atomic E-state index is 0.119. The Morgan fingerprint density at radius 1 is 1.18 bits per heavy atom. The van der Waals surface area contributed by atoms with Crippen LogP contribution in [0.3, 0.4) is 0 Å². The summed E-state index contributed by atoms with van der Waals surface area (Å²) in [6.07, 6.45) is 12.7. The van der Waals surface area contributed by atoms with Gasteiger partial charge in [0.05, 0.1) is 23.1 Å². The number of allylic oxidation sites excluding steroid dienone is 4. The second-order valence-electron chi connectivity index (χ2n) is 10.3. The highest BCUT2D eigenvalue weighted by Gasteiger charge is 2.35. The van der Waals surface area contributed by atoms with Crippen molar-refractivity contribution in [1.29, 1.82) is 0 Å². The van der Waals surface area contributed by atoms with Gasteiger partial charge < -0.3 is 20.8 Å². The van der Waals surface area contributed by atoms with Gasteiger partial charge >= 0.3 is 0 Å². The molecule has 0 bridgehead atoms. The molecule has 5 rings (SSSR count). The van der Waals surface area contributed by atoms with E-state index in [9.17, 15) is 19.8 Å². The van der Waals surface area contributed by atoms with Gasteiger partial charge in [-0.1, -0.05) is 24.3 Å². The molecule has 10 heteroatoms. The highest BCUT2D eigenvalue weighted by atomic mass is 16.3. The number of piperidine rings is 1. The van der Waals surface area contributed by atoms with Crippen molar-refractivity contribution in [1.82, 2.24) is 24.5 Å². The lowest BCUT2D eigenvalue weighted by Gasteiger charge is -2.35. The van der Waals surface area contributed by atoms with E-state index in [0.717, 1.165) is 29.7 Å². The van der Waals surface area contributed by atoms with E-state index in [1.54, 1.807) is 17.3 Å². The number of hydrogen-bond donors (Lipinski definition) is 3. The van der Waals surface area contributed by atoms with Crippen LogP contribution >= 0.6 is 0 Å². The number of anilines is 1. The average Bonchev–Trinajstić information content (AvgIpc) is 3.37. The lowest BCUT2D eigenvalue weighted by atomic mass is 9.88. The van der Waals surface area contributed by atoms with Crippen LogP contribution in [-0.4, -0.2) is 71.7 Å². The fraction of sp³-hybridized carbons (Fsp3) is 0.393. The normalized spacial score (nSPS) is 16.6. The van der Waals surface area contributed by atoms with Crippen molar-refractivity contribution in [2.45, 2.75) is 51.0 Å². The molecule has 198 valence electrons. The second kappa shape index (κ2) is 10.1. The van der Waals surface area contributed by atoms with Crippen molar-refractivity contribution in [3.63, 3.8) is 0 Å².